The number of nitrogens with two attached hydrogens (primary N) is 2. The van der Waals surface area contributed by atoms with Crippen molar-refractivity contribution in [2.45, 2.75) is 25.4 Å². The average molecular weight is 375 g/mol. The summed E-state index contributed by atoms with van der Waals surface area (Å²) in [7, 11) is 0. The van der Waals surface area contributed by atoms with E-state index in [1.54, 1.807) is 0 Å². The van der Waals surface area contributed by atoms with Crippen molar-refractivity contribution in [3.8, 4) is 0 Å². The maximum atomic E-state index is 11.6. The molecule has 3 aromatic rings. The number of nitrogens with zero attached hydrogens (tertiary/aromatic N) is 3. The molecule has 28 heavy (non-hydrogen) atoms. The maximum absolute atomic E-state index is 11.6. The predicted molar refractivity (Wildman–Crippen MR) is 110 cm³/mol. The Hall–Kier alpha value is -3.12. The molecule has 2 heterocycles. The molecule has 1 saturated heterocycles. The van der Waals surface area contributed by atoms with E-state index >= 15 is 0 Å². The highest BCUT2D eigenvalue weighted by atomic mass is 16.1. The highest BCUT2D eigenvalue weighted by Gasteiger charge is 2.37. The lowest BCUT2D eigenvalue weighted by Crippen LogP contribution is -2.50. The largest absolute Gasteiger partial charge is 0.395 e. The average Bonchev–Trinajstić information content (AvgIpc) is 3.01. The van der Waals surface area contributed by atoms with E-state index in [1.165, 1.54) is 11.1 Å². The van der Waals surface area contributed by atoms with Crippen molar-refractivity contribution in [1.29, 1.82) is 0 Å². The molecule has 6 heteroatoms. The highest BCUT2D eigenvalue weighted by Crippen LogP contribution is 2.37. The van der Waals surface area contributed by atoms with Crippen molar-refractivity contribution in [2.24, 2.45) is 5.73 Å². The van der Waals surface area contributed by atoms with E-state index in [-0.39, 0.29) is 17.8 Å². The van der Waals surface area contributed by atoms with Crippen LogP contribution in [-0.4, -0.2) is 33.7 Å². The molecule has 1 fully saturated rings. The van der Waals surface area contributed by atoms with Crippen LogP contribution in [0, 0.1) is 0 Å². The zero-order valence-electron chi connectivity index (χ0n) is 16.0. The Balaban J connectivity index is 1.61. The number of rotatable bonds is 6. The number of hydrogen-bond acceptors (Lipinski definition) is 4. The summed E-state index contributed by atoms with van der Waals surface area (Å²) in [5.74, 6) is -0.575. The van der Waals surface area contributed by atoms with Gasteiger partial charge in [0, 0.05) is 13.1 Å². The van der Waals surface area contributed by atoms with Gasteiger partial charge in [0.25, 0.3) is 5.91 Å². The third-order valence-electron chi connectivity index (χ3n) is 5.45. The Morgan fingerprint density at radius 3 is 2.07 bits per heavy atom. The van der Waals surface area contributed by atoms with Gasteiger partial charge in [0.2, 0.25) is 0 Å². The quantitative estimate of drug-likeness (QED) is 0.693. The number of amides is 1. The fourth-order valence-corrected chi connectivity index (χ4v) is 4.06. The lowest BCUT2D eigenvalue weighted by molar-refractivity contribution is 0.0662. The first-order valence-corrected chi connectivity index (χ1v) is 9.60. The van der Waals surface area contributed by atoms with Crippen LogP contribution in [0.1, 0.15) is 46.3 Å². The van der Waals surface area contributed by atoms with Gasteiger partial charge in [0.05, 0.1) is 23.5 Å². The molecule has 4 N–H and O–H groups in total. The molecular formula is C22H25N5O. The molecule has 1 aromatic heterocycles. The predicted octanol–water partition coefficient (Wildman–Crippen LogP) is 2.77. The summed E-state index contributed by atoms with van der Waals surface area (Å²) >= 11 is 0. The molecule has 0 saturated carbocycles. The van der Waals surface area contributed by atoms with Crippen molar-refractivity contribution in [2.75, 3.05) is 18.8 Å². The van der Waals surface area contributed by atoms with Gasteiger partial charge in [0.15, 0.2) is 5.69 Å². The molecule has 0 atom stereocenters. The number of carbonyl (C=O) groups excluding carboxylic acids is 1. The fraction of sp³-hybridized carbons (Fsp3) is 0.273. The molecule has 0 radical (unpaired) electrons. The van der Waals surface area contributed by atoms with Gasteiger partial charge < -0.3 is 11.5 Å². The van der Waals surface area contributed by atoms with E-state index in [2.05, 4.69) is 58.5 Å². The molecule has 0 bridgehead atoms. The van der Waals surface area contributed by atoms with Gasteiger partial charge in [-0.3, -0.25) is 14.4 Å². The number of anilines is 1. The second kappa shape index (κ2) is 7.48. The van der Waals surface area contributed by atoms with Crippen LogP contribution < -0.4 is 11.5 Å². The van der Waals surface area contributed by atoms with Crippen LogP contribution >= 0.6 is 0 Å². The normalized spacial score (nSPS) is 14.9. The molecule has 0 aliphatic carbocycles. The molecule has 144 valence electrons. The van der Waals surface area contributed by atoms with Crippen LogP contribution in [0.15, 0.2) is 60.7 Å². The number of carbonyl (C=O) groups is 1. The van der Waals surface area contributed by atoms with Crippen molar-refractivity contribution < 1.29 is 4.79 Å². The van der Waals surface area contributed by atoms with E-state index in [1.807, 2.05) is 23.7 Å². The van der Waals surface area contributed by atoms with E-state index in [0.717, 1.165) is 18.8 Å². The summed E-state index contributed by atoms with van der Waals surface area (Å²) in [5, 5.41) is 4.43. The van der Waals surface area contributed by atoms with Gasteiger partial charge in [-0.25, -0.2) is 0 Å². The van der Waals surface area contributed by atoms with Crippen LogP contribution in [0.4, 0.5) is 5.69 Å². The minimum absolute atomic E-state index is 0.179. The number of likely N-dealkylation sites (tertiary alicyclic amines) is 1. The molecule has 0 spiro atoms. The summed E-state index contributed by atoms with van der Waals surface area (Å²) in [4.78, 5) is 14.1. The molecule has 4 rings (SSSR count). The van der Waals surface area contributed by atoms with Crippen LogP contribution in [0.5, 0.6) is 0 Å². The van der Waals surface area contributed by atoms with Gasteiger partial charge in [-0.2, -0.15) is 5.10 Å². The van der Waals surface area contributed by atoms with Crippen molar-refractivity contribution in [3.05, 3.63) is 83.2 Å². The smallest absolute Gasteiger partial charge is 0.271 e. The minimum atomic E-state index is -0.575. The van der Waals surface area contributed by atoms with Crippen LogP contribution in [0.3, 0.4) is 0 Å². The summed E-state index contributed by atoms with van der Waals surface area (Å²) in [5.41, 5.74) is 15.5. The molecule has 2 aromatic carbocycles. The lowest BCUT2D eigenvalue weighted by Gasteiger charge is -2.45. The van der Waals surface area contributed by atoms with Gasteiger partial charge >= 0.3 is 0 Å². The lowest BCUT2D eigenvalue weighted by atomic mass is 9.93. The monoisotopic (exact) mass is 375 g/mol. The Bertz CT molecular complexity index is 922. The number of hydrogen-bond donors (Lipinski definition) is 2. The zero-order valence-corrected chi connectivity index (χ0v) is 16.0. The van der Waals surface area contributed by atoms with E-state index in [4.69, 9.17) is 11.5 Å². The molecule has 1 aliphatic heterocycles. The Kier molecular flexibility index (Phi) is 4.88. The van der Waals surface area contributed by atoms with Crippen molar-refractivity contribution in [3.63, 3.8) is 0 Å². The van der Waals surface area contributed by atoms with Crippen LogP contribution in [0.25, 0.3) is 0 Å². The second-order valence-corrected chi connectivity index (χ2v) is 7.20. The summed E-state index contributed by atoms with van der Waals surface area (Å²) < 4.78 is 1.90. The first kappa shape index (κ1) is 18.3. The minimum Gasteiger partial charge on any atom is -0.395 e. The number of benzene rings is 2. The Morgan fingerprint density at radius 2 is 1.61 bits per heavy atom. The highest BCUT2D eigenvalue weighted by molar-refractivity contribution is 5.96. The second-order valence-electron chi connectivity index (χ2n) is 7.20. The summed E-state index contributed by atoms with van der Waals surface area (Å²) in [6, 6.07) is 21.4. The molecule has 1 aliphatic rings. The zero-order chi connectivity index (χ0) is 19.7. The molecule has 1 amide bonds. The third kappa shape index (κ3) is 3.16. The maximum Gasteiger partial charge on any atom is 0.271 e. The SMILES string of the molecule is CCc1c(N)c(C(N)=O)nn1C1CN(C(c2ccccc2)c2ccccc2)C1. The van der Waals surface area contributed by atoms with Gasteiger partial charge in [0.1, 0.15) is 0 Å². The standard InChI is InChI=1S/C22H25N5O/c1-2-18-19(23)20(22(24)28)25-27(18)17-13-26(14-17)21(15-9-5-3-6-10-15)16-11-7-4-8-12-16/h3-12,17,21H,2,13-14,23H2,1H3,(H2,24,28). The Labute approximate surface area is 164 Å². The van der Waals surface area contributed by atoms with Crippen LogP contribution in [0.2, 0.25) is 0 Å². The topological polar surface area (TPSA) is 90.2 Å². The molecule has 0 unspecified atom stereocenters. The van der Waals surface area contributed by atoms with Gasteiger partial charge in [-0.05, 0) is 17.5 Å². The number of primary amides is 1. The van der Waals surface area contributed by atoms with Gasteiger partial charge in [-0.15, -0.1) is 0 Å². The number of aromatic nitrogens is 2. The van der Waals surface area contributed by atoms with Crippen LogP contribution in [-0.2, 0) is 6.42 Å². The Morgan fingerprint density at radius 1 is 1.07 bits per heavy atom. The van der Waals surface area contributed by atoms with Crippen molar-refractivity contribution >= 4 is 11.6 Å². The summed E-state index contributed by atoms with van der Waals surface area (Å²) in [6.45, 7) is 3.68. The first-order valence-electron chi connectivity index (χ1n) is 9.60. The number of nitrogen functional groups attached to an aromatic ring is 1. The molecule has 6 nitrogen and oxygen atoms in total. The van der Waals surface area contributed by atoms with E-state index in [0.29, 0.717) is 12.1 Å². The molecular weight excluding hydrogens is 350 g/mol. The fourth-order valence-electron chi connectivity index (χ4n) is 4.06. The van der Waals surface area contributed by atoms with Gasteiger partial charge in [-0.1, -0.05) is 67.6 Å². The first-order chi connectivity index (χ1) is 13.6. The summed E-state index contributed by atoms with van der Waals surface area (Å²) in [6.07, 6.45) is 0.712. The van der Waals surface area contributed by atoms with E-state index < -0.39 is 5.91 Å². The van der Waals surface area contributed by atoms with Crippen molar-refractivity contribution in [1.82, 2.24) is 14.7 Å². The third-order valence-corrected chi connectivity index (χ3v) is 5.45. The van der Waals surface area contributed by atoms with E-state index in [9.17, 15) is 4.79 Å².